The zero-order chi connectivity index (χ0) is 13.9. The van der Waals surface area contributed by atoms with E-state index in [9.17, 15) is 9.18 Å². The zero-order valence-corrected chi connectivity index (χ0v) is 11.6. The normalized spacial score (nSPS) is 27.2. The van der Waals surface area contributed by atoms with Crippen LogP contribution in [0.15, 0.2) is 24.3 Å². The van der Waals surface area contributed by atoms with E-state index in [1.54, 1.807) is 25.3 Å². The minimum atomic E-state index is -0.700. The first-order valence-electron chi connectivity index (χ1n) is 6.89. The topological polar surface area (TPSA) is 26.3 Å². The average Bonchev–Trinajstić information content (AvgIpc) is 2.42. The Bertz CT molecular complexity index is 448. The maximum absolute atomic E-state index is 13.6. The Morgan fingerprint density at radius 3 is 2.58 bits per heavy atom. The van der Waals surface area contributed by atoms with E-state index in [-0.39, 0.29) is 18.0 Å². The van der Waals surface area contributed by atoms with Gasteiger partial charge in [-0.05, 0) is 43.2 Å². The van der Waals surface area contributed by atoms with Crippen LogP contribution in [-0.2, 0) is 16.0 Å². The maximum Gasteiger partial charge on any atom is 0.169 e. The first-order chi connectivity index (χ1) is 9.07. The second-order valence-corrected chi connectivity index (χ2v) is 5.57. The Morgan fingerprint density at radius 1 is 1.37 bits per heavy atom. The van der Waals surface area contributed by atoms with Crippen LogP contribution in [0.3, 0.4) is 0 Å². The molecule has 19 heavy (non-hydrogen) atoms. The molecular weight excluding hydrogens is 243 g/mol. The van der Waals surface area contributed by atoms with E-state index in [1.165, 1.54) is 6.07 Å². The van der Waals surface area contributed by atoms with Crippen LogP contribution in [0.25, 0.3) is 0 Å². The van der Waals surface area contributed by atoms with Crippen LogP contribution in [0.2, 0.25) is 0 Å². The predicted molar refractivity (Wildman–Crippen MR) is 72.5 cm³/mol. The predicted octanol–water partition coefficient (Wildman–Crippen LogP) is 3.53. The highest BCUT2D eigenvalue weighted by Gasteiger charge is 2.40. The summed E-state index contributed by atoms with van der Waals surface area (Å²) in [5.74, 6) is 0.336. The summed E-state index contributed by atoms with van der Waals surface area (Å²) in [7, 11) is 1.59. The van der Waals surface area contributed by atoms with E-state index in [4.69, 9.17) is 4.74 Å². The summed E-state index contributed by atoms with van der Waals surface area (Å²) in [4.78, 5) is 12.5. The molecule has 3 heteroatoms. The molecule has 0 radical (unpaired) electrons. The first kappa shape index (κ1) is 14.2. The van der Waals surface area contributed by atoms with Crippen molar-refractivity contribution in [2.24, 2.45) is 5.92 Å². The fraction of sp³-hybridized carbons (Fsp3) is 0.562. The Kier molecular flexibility index (Phi) is 4.35. The van der Waals surface area contributed by atoms with Crippen molar-refractivity contribution in [1.82, 2.24) is 0 Å². The minimum absolute atomic E-state index is 0.00648. The smallest absolute Gasteiger partial charge is 0.169 e. The van der Waals surface area contributed by atoms with Gasteiger partial charge < -0.3 is 4.74 Å². The number of ketones is 1. The number of ether oxygens (including phenoxy) is 1. The second-order valence-electron chi connectivity index (χ2n) is 5.57. The van der Waals surface area contributed by atoms with Crippen molar-refractivity contribution < 1.29 is 13.9 Å². The summed E-state index contributed by atoms with van der Waals surface area (Å²) in [5, 5.41) is 0. The van der Waals surface area contributed by atoms with Crippen LogP contribution in [0.1, 0.15) is 38.2 Å². The molecule has 0 atom stereocenters. The highest BCUT2D eigenvalue weighted by atomic mass is 19.1. The number of rotatable bonds is 4. The summed E-state index contributed by atoms with van der Waals surface area (Å²) < 4.78 is 19.1. The summed E-state index contributed by atoms with van der Waals surface area (Å²) in [6.45, 7) is 2.20. The maximum atomic E-state index is 13.6. The molecule has 1 fully saturated rings. The van der Waals surface area contributed by atoms with Crippen LogP contribution in [0.4, 0.5) is 4.39 Å². The molecule has 0 unspecified atom stereocenters. The Balaban J connectivity index is 2.12. The number of methoxy groups -OCH3 is 1. The third kappa shape index (κ3) is 3.03. The van der Waals surface area contributed by atoms with E-state index in [0.717, 1.165) is 25.7 Å². The van der Waals surface area contributed by atoms with Crippen molar-refractivity contribution >= 4 is 5.78 Å². The Hall–Kier alpha value is -1.22. The highest BCUT2D eigenvalue weighted by Crippen LogP contribution is 2.35. The molecule has 0 N–H and O–H groups in total. The van der Waals surface area contributed by atoms with Crippen LogP contribution >= 0.6 is 0 Å². The molecule has 2 nitrogen and oxygen atoms in total. The number of carbonyl (C=O) groups is 1. The van der Waals surface area contributed by atoms with E-state index in [2.05, 4.69) is 6.92 Å². The van der Waals surface area contributed by atoms with E-state index in [0.29, 0.717) is 11.5 Å². The van der Waals surface area contributed by atoms with Gasteiger partial charge in [0.05, 0.1) is 0 Å². The van der Waals surface area contributed by atoms with Gasteiger partial charge in [0.1, 0.15) is 11.4 Å². The second kappa shape index (κ2) is 5.83. The van der Waals surface area contributed by atoms with Gasteiger partial charge in [-0.25, -0.2) is 4.39 Å². The van der Waals surface area contributed by atoms with Crippen molar-refractivity contribution in [2.45, 2.75) is 44.6 Å². The lowest BCUT2D eigenvalue weighted by molar-refractivity contribution is -0.145. The Labute approximate surface area is 114 Å². The van der Waals surface area contributed by atoms with Crippen molar-refractivity contribution in [2.75, 3.05) is 7.11 Å². The molecule has 0 bridgehead atoms. The lowest BCUT2D eigenvalue weighted by atomic mass is 9.76. The molecule has 0 aliphatic heterocycles. The number of halogens is 1. The molecule has 2 rings (SSSR count). The van der Waals surface area contributed by atoms with Gasteiger partial charge in [-0.15, -0.1) is 0 Å². The lowest BCUT2D eigenvalue weighted by Crippen LogP contribution is -2.44. The van der Waals surface area contributed by atoms with Crippen LogP contribution in [-0.4, -0.2) is 18.5 Å². The van der Waals surface area contributed by atoms with Crippen LogP contribution in [0.5, 0.6) is 0 Å². The van der Waals surface area contributed by atoms with Crippen molar-refractivity contribution in [3.63, 3.8) is 0 Å². The third-order valence-electron chi connectivity index (χ3n) is 4.29. The molecule has 1 aliphatic carbocycles. The summed E-state index contributed by atoms with van der Waals surface area (Å²) in [6.07, 6.45) is 3.61. The quantitative estimate of drug-likeness (QED) is 0.831. The number of hydrogen-bond donors (Lipinski definition) is 0. The van der Waals surface area contributed by atoms with Gasteiger partial charge in [0.15, 0.2) is 5.78 Å². The van der Waals surface area contributed by atoms with Crippen LogP contribution < -0.4 is 0 Å². The van der Waals surface area contributed by atoms with Crippen LogP contribution in [0, 0.1) is 11.7 Å². The summed E-state index contributed by atoms with van der Waals surface area (Å²) >= 11 is 0. The van der Waals surface area contributed by atoms with Gasteiger partial charge in [-0.2, -0.15) is 0 Å². The molecule has 104 valence electrons. The number of benzene rings is 1. The number of carbonyl (C=O) groups excluding carboxylic acids is 1. The summed E-state index contributed by atoms with van der Waals surface area (Å²) in [6, 6.07) is 6.46. The molecule has 0 heterocycles. The first-order valence-corrected chi connectivity index (χ1v) is 6.89. The molecule has 0 saturated heterocycles. The van der Waals surface area contributed by atoms with Gasteiger partial charge in [0.2, 0.25) is 0 Å². The average molecular weight is 264 g/mol. The van der Waals surface area contributed by atoms with E-state index < -0.39 is 5.60 Å². The van der Waals surface area contributed by atoms with Gasteiger partial charge in [0, 0.05) is 13.5 Å². The minimum Gasteiger partial charge on any atom is -0.370 e. The standard InChI is InChI=1S/C16H21FO2/c1-12-7-9-16(19-2,10-8-12)15(18)11-13-5-3-4-6-14(13)17/h3-6,12H,7-11H2,1-2H3. The van der Waals surface area contributed by atoms with Crippen molar-refractivity contribution in [3.8, 4) is 0 Å². The monoisotopic (exact) mass is 264 g/mol. The van der Waals surface area contributed by atoms with Gasteiger partial charge in [0.25, 0.3) is 0 Å². The fourth-order valence-corrected chi connectivity index (χ4v) is 2.80. The molecule has 1 saturated carbocycles. The summed E-state index contributed by atoms with van der Waals surface area (Å²) in [5.41, 5.74) is -0.239. The molecule has 0 aromatic heterocycles. The molecule has 1 aromatic rings. The largest absolute Gasteiger partial charge is 0.370 e. The van der Waals surface area contributed by atoms with Gasteiger partial charge in [-0.3, -0.25) is 4.79 Å². The van der Waals surface area contributed by atoms with E-state index >= 15 is 0 Å². The SMILES string of the molecule is COC1(C(=O)Cc2ccccc2F)CCC(C)CC1. The third-order valence-corrected chi connectivity index (χ3v) is 4.29. The Morgan fingerprint density at radius 2 is 2.00 bits per heavy atom. The zero-order valence-electron chi connectivity index (χ0n) is 11.6. The number of Topliss-reactive ketones (excluding diaryl/α,β-unsaturated/α-hetero) is 1. The molecule has 1 aliphatic rings. The molecule has 1 aromatic carbocycles. The van der Waals surface area contributed by atoms with Gasteiger partial charge >= 0.3 is 0 Å². The van der Waals surface area contributed by atoms with Crippen molar-refractivity contribution in [3.05, 3.63) is 35.6 Å². The van der Waals surface area contributed by atoms with Crippen molar-refractivity contribution in [1.29, 1.82) is 0 Å². The number of hydrogen-bond acceptors (Lipinski definition) is 2. The molecule has 0 amide bonds. The fourth-order valence-electron chi connectivity index (χ4n) is 2.80. The lowest BCUT2D eigenvalue weighted by Gasteiger charge is -2.37. The molecule has 0 spiro atoms. The van der Waals surface area contributed by atoms with E-state index in [1.807, 2.05) is 0 Å². The highest BCUT2D eigenvalue weighted by molar-refractivity contribution is 5.89. The molecular formula is C16H21FO2. The van der Waals surface area contributed by atoms with Gasteiger partial charge in [-0.1, -0.05) is 25.1 Å².